The Morgan fingerprint density at radius 3 is 2.50 bits per heavy atom. The summed E-state index contributed by atoms with van der Waals surface area (Å²) >= 11 is 12.1. The van der Waals surface area contributed by atoms with E-state index >= 15 is 0 Å². The number of alkyl halides is 1. The molecule has 2 aliphatic rings. The molecule has 1 saturated heterocycles. The second-order valence-electron chi connectivity index (χ2n) is 4.21. The molecule has 1 aliphatic heterocycles. The van der Waals surface area contributed by atoms with Crippen LogP contribution < -0.4 is 0 Å². The van der Waals surface area contributed by atoms with Gasteiger partial charge in [0.15, 0.2) is 4.87 Å². The highest BCUT2D eigenvalue weighted by Crippen LogP contribution is 2.39. The highest BCUT2D eigenvalue weighted by Gasteiger charge is 2.53. The van der Waals surface area contributed by atoms with Crippen molar-refractivity contribution in [1.29, 1.82) is 0 Å². The zero-order valence-corrected chi connectivity index (χ0v) is 11.3. The number of ketones is 2. The average Bonchev–Trinajstić information content (AvgIpc) is 2.53. The Hall–Kier alpha value is -0.840. The van der Waals surface area contributed by atoms with E-state index in [2.05, 4.69) is 6.58 Å². The van der Waals surface area contributed by atoms with Crippen molar-refractivity contribution >= 4 is 34.8 Å². The monoisotopic (exact) mass is 289 g/mol. The van der Waals surface area contributed by atoms with Gasteiger partial charge < -0.3 is 9.64 Å². The van der Waals surface area contributed by atoms with Crippen LogP contribution in [0, 0.1) is 0 Å². The minimum atomic E-state index is -1.60. The molecule has 1 heterocycles. The van der Waals surface area contributed by atoms with Gasteiger partial charge in [-0.15, -0.1) is 18.2 Å². The van der Waals surface area contributed by atoms with E-state index < -0.39 is 16.4 Å². The molecule has 6 heteroatoms. The summed E-state index contributed by atoms with van der Waals surface area (Å²) in [6, 6.07) is 0. The highest BCUT2D eigenvalue weighted by molar-refractivity contribution is 6.62. The third kappa shape index (κ3) is 1.98. The lowest BCUT2D eigenvalue weighted by atomic mass is 9.99. The molecular formula is C12H13Cl2NO3. The van der Waals surface area contributed by atoms with Gasteiger partial charge >= 0.3 is 0 Å². The van der Waals surface area contributed by atoms with Crippen LogP contribution in [-0.2, 0) is 14.3 Å². The maximum absolute atomic E-state index is 12.3. The highest BCUT2D eigenvalue weighted by atomic mass is 35.5. The topological polar surface area (TPSA) is 46.6 Å². The fourth-order valence-electron chi connectivity index (χ4n) is 2.13. The van der Waals surface area contributed by atoms with Gasteiger partial charge in [0.1, 0.15) is 10.7 Å². The average molecular weight is 290 g/mol. The van der Waals surface area contributed by atoms with Gasteiger partial charge in [0.05, 0.1) is 13.2 Å². The van der Waals surface area contributed by atoms with Gasteiger partial charge in [-0.3, -0.25) is 9.59 Å². The minimum absolute atomic E-state index is 0.0706. The second-order valence-corrected chi connectivity index (χ2v) is 5.24. The fourth-order valence-corrected chi connectivity index (χ4v) is 2.83. The maximum Gasteiger partial charge on any atom is 0.209 e. The molecule has 1 fully saturated rings. The number of carbonyl (C=O) groups excluding carboxylic acids is 2. The molecule has 0 spiro atoms. The molecule has 0 aromatic carbocycles. The van der Waals surface area contributed by atoms with Gasteiger partial charge in [0.2, 0.25) is 11.6 Å². The lowest BCUT2D eigenvalue weighted by molar-refractivity contribution is -0.125. The van der Waals surface area contributed by atoms with Crippen LogP contribution in [0.25, 0.3) is 0 Å². The first-order valence-electron chi connectivity index (χ1n) is 5.64. The van der Waals surface area contributed by atoms with Gasteiger partial charge in [-0.25, -0.2) is 0 Å². The molecule has 0 unspecified atom stereocenters. The smallest absolute Gasteiger partial charge is 0.209 e. The number of morpholine rings is 1. The van der Waals surface area contributed by atoms with Crippen molar-refractivity contribution in [3.05, 3.63) is 23.4 Å². The number of ether oxygens (including phenoxy) is 1. The van der Waals surface area contributed by atoms with Gasteiger partial charge in [0, 0.05) is 13.1 Å². The number of nitrogens with zero attached hydrogens (tertiary/aromatic N) is 1. The van der Waals surface area contributed by atoms with Crippen LogP contribution in [0.4, 0.5) is 0 Å². The van der Waals surface area contributed by atoms with Crippen molar-refractivity contribution in [1.82, 2.24) is 4.90 Å². The van der Waals surface area contributed by atoms with E-state index in [1.807, 2.05) is 0 Å². The van der Waals surface area contributed by atoms with E-state index in [1.54, 1.807) is 4.90 Å². The van der Waals surface area contributed by atoms with Gasteiger partial charge in [-0.05, 0) is 6.42 Å². The maximum atomic E-state index is 12.3. The van der Waals surface area contributed by atoms with E-state index in [0.717, 1.165) is 0 Å². The number of Topliss-reactive ketones (excluding diaryl/α,β-unsaturated/α-hetero) is 2. The molecule has 18 heavy (non-hydrogen) atoms. The first-order chi connectivity index (χ1) is 8.52. The second kappa shape index (κ2) is 5.03. The van der Waals surface area contributed by atoms with Crippen LogP contribution in [-0.4, -0.2) is 47.6 Å². The summed E-state index contributed by atoms with van der Waals surface area (Å²) in [7, 11) is 0. The molecule has 0 aromatic heterocycles. The molecule has 0 N–H and O–H groups in total. The van der Waals surface area contributed by atoms with Gasteiger partial charge in [-0.1, -0.05) is 17.7 Å². The molecule has 98 valence electrons. The number of rotatable bonds is 3. The first-order valence-corrected chi connectivity index (χ1v) is 6.40. The molecule has 2 rings (SSSR count). The SMILES string of the molecule is C=CC[C@@]1(Cl)C(=O)C(Cl)=C(N2CCOCC2)C1=O. The first kappa shape index (κ1) is 13.6. The molecule has 0 bridgehead atoms. The summed E-state index contributed by atoms with van der Waals surface area (Å²) < 4.78 is 5.20. The van der Waals surface area contributed by atoms with Crippen molar-refractivity contribution in [2.24, 2.45) is 0 Å². The lowest BCUT2D eigenvalue weighted by Crippen LogP contribution is -2.42. The standard InChI is InChI=1S/C12H13Cl2NO3/c1-2-3-12(14)10(16)8(13)9(11(12)17)15-4-6-18-7-5-15/h2H,1,3-7H2/t12-/m1/s1. The van der Waals surface area contributed by atoms with Crippen molar-refractivity contribution in [2.45, 2.75) is 11.3 Å². The predicted octanol–water partition coefficient (Wildman–Crippen LogP) is 1.47. The zero-order chi connectivity index (χ0) is 13.3. The van der Waals surface area contributed by atoms with Gasteiger partial charge in [0.25, 0.3) is 0 Å². The summed E-state index contributed by atoms with van der Waals surface area (Å²) in [5.41, 5.74) is 0.224. The van der Waals surface area contributed by atoms with E-state index in [9.17, 15) is 9.59 Å². The molecule has 1 atom stereocenters. The number of allylic oxidation sites excluding steroid dienone is 3. The van der Waals surface area contributed by atoms with E-state index in [-0.39, 0.29) is 17.2 Å². The van der Waals surface area contributed by atoms with Crippen LogP contribution in [0.1, 0.15) is 6.42 Å². The van der Waals surface area contributed by atoms with Crippen molar-refractivity contribution in [2.75, 3.05) is 26.3 Å². The quantitative estimate of drug-likeness (QED) is 0.449. The Bertz CT molecular complexity index is 441. The molecule has 1 aliphatic carbocycles. The van der Waals surface area contributed by atoms with Crippen LogP contribution in [0.3, 0.4) is 0 Å². The minimum Gasteiger partial charge on any atom is -0.378 e. The van der Waals surface area contributed by atoms with Gasteiger partial charge in [-0.2, -0.15) is 0 Å². The van der Waals surface area contributed by atoms with Crippen LogP contribution in [0.15, 0.2) is 23.4 Å². The summed E-state index contributed by atoms with van der Waals surface area (Å²) in [6.07, 6.45) is 1.53. The van der Waals surface area contributed by atoms with Crippen LogP contribution in [0.2, 0.25) is 0 Å². The number of hydrogen-bond acceptors (Lipinski definition) is 4. The Kier molecular flexibility index (Phi) is 3.80. The fraction of sp³-hybridized carbons (Fsp3) is 0.500. The molecule has 0 aromatic rings. The van der Waals surface area contributed by atoms with Crippen molar-refractivity contribution in [3.8, 4) is 0 Å². The number of hydrogen-bond donors (Lipinski definition) is 0. The Balaban J connectivity index is 2.33. The number of halogens is 2. The third-order valence-corrected chi connectivity index (χ3v) is 3.94. The third-order valence-electron chi connectivity index (χ3n) is 3.10. The number of carbonyl (C=O) groups is 2. The Morgan fingerprint density at radius 2 is 1.94 bits per heavy atom. The van der Waals surface area contributed by atoms with Crippen molar-refractivity contribution < 1.29 is 14.3 Å². The molecule has 0 saturated carbocycles. The molecule has 0 radical (unpaired) electrons. The summed E-state index contributed by atoms with van der Waals surface area (Å²) in [6.45, 7) is 5.60. The molecule has 4 nitrogen and oxygen atoms in total. The van der Waals surface area contributed by atoms with Crippen LogP contribution in [0.5, 0.6) is 0 Å². The normalized spacial score (nSPS) is 29.1. The predicted molar refractivity (Wildman–Crippen MR) is 68.7 cm³/mol. The lowest BCUT2D eigenvalue weighted by Gasteiger charge is -2.29. The van der Waals surface area contributed by atoms with E-state index in [1.165, 1.54) is 6.08 Å². The molecular weight excluding hydrogens is 277 g/mol. The zero-order valence-electron chi connectivity index (χ0n) is 9.75. The van der Waals surface area contributed by atoms with E-state index in [4.69, 9.17) is 27.9 Å². The summed E-state index contributed by atoms with van der Waals surface area (Å²) in [4.78, 5) is 24.5. The largest absolute Gasteiger partial charge is 0.378 e. The van der Waals surface area contributed by atoms with Crippen molar-refractivity contribution in [3.63, 3.8) is 0 Å². The Morgan fingerprint density at radius 1 is 1.33 bits per heavy atom. The Labute approximate surface area is 115 Å². The van der Waals surface area contributed by atoms with Crippen LogP contribution >= 0.6 is 23.2 Å². The molecule has 0 amide bonds. The summed E-state index contributed by atoms with van der Waals surface area (Å²) in [5, 5.41) is -0.0706. The summed E-state index contributed by atoms with van der Waals surface area (Å²) in [5.74, 6) is -0.960. The van der Waals surface area contributed by atoms with E-state index in [0.29, 0.717) is 26.3 Å².